The van der Waals surface area contributed by atoms with Crippen molar-refractivity contribution >= 4 is 23.2 Å². The number of hydrogen-bond donors (Lipinski definition) is 2. The van der Waals surface area contributed by atoms with E-state index in [9.17, 15) is 9.59 Å². The standard InChI is InChI=1S/C24H24N2O3/c1-4-17-7-5-6-8-20(17)25-23(27)18-10-12-19(13-11-18)24(28)26-21-15-16(2)9-14-22(21)29-3/h5-15H,4H2,1-3H3,(H,25,27)(H,26,28). The molecular weight excluding hydrogens is 364 g/mol. The predicted molar refractivity (Wildman–Crippen MR) is 116 cm³/mol. The van der Waals surface area contributed by atoms with Crippen molar-refractivity contribution in [1.82, 2.24) is 0 Å². The molecule has 0 heterocycles. The Balaban J connectivity index is 1.72. The maximum Gasteiger partial charge on any atom is 0.255 e. The minimum absolute atomic E-state index is 0.210. The molecule has 3 aromatic rings. The normalized spacial score (nSPS) is 10.3. The fraction of sp³-hybridized carbons (Fsp3) is 0.167. The van der Waals surface area contributed by atoms with Crippen LogP contribution in [0.25, 0.3) is 0 Å². The minimum atomic E-state index is -0.266. The second-order valence-electron chi connectivity index (χ2n) is 6.70. The second kappa shape index (κ2) is 9.06. The van der Waals surface area contributed by atoms with Gasteiger partial charge in [-0.05, 0) is 66.9 Å². The molecule has 148 valence electrons. The van der Waals surface area contributed by atoms with Crippen LogP contribution in [-0.2, 0) is 6.42 Å². The van der Waals surface area contributed by atoms with Gasteiger partial charge in [-0.25, -0.2) is 0 Å². The first kappa shape index (κ1) is 20.1. The van der Waals surface area contributed by atoms with Crippen LogP contribution in [0.5, 0.6) is 5.75 Å². The van der Waals surface area contributed by atoms with E-state index < -0.39 is 0 Å². The van der Waals surface area contributed by atoms with Crippen molar-refractivity contribution < 1.29 is 14.3 Å². The van der Waals surface area contributed by atoms with Gasteiger partial charge in [0.2, 0.25) is 0 Å². The Morgan fingerprint density at radius 2 is 1.41 bits per heavy atom. The zero-order chi connectivity index (χ0) is 20.8. The first-order chi connectivity index (χ1) is 14.0. The summed E-state index contributed by atoms with van der Waals surface area (Å²) >= 11 is 0. The van der Waals surface area contributed by atoms with E-state index in [1.54, 1.807) is 31.4 Å². The lowest BCUT2D eigenvalue weighted by Gasteiger charge is -2.12. The van der Waals surface area contributed by atoms with Crippen molar-refractivity contribution in [3.63, 3.8) is 0 Å². The number of aryl methyl sites for hydroxylation is 2. The topological polar surface area (TPSA) is 67.4 Å². The third-order valence-corrected chi connectivity index (χ3v) is 4.66. The van der Waals surface area contributed by atoms with Gasteiger partial charge in [0.05, 0.1) is 12.8 Å². The zero-order valence-electron chi connectivity index (χ0n) is 16.8. The molecule has 3 rings (SSSR count). The molecule has 0 aliphatic rings. The summed E-state index contributed by atoms with van der Waals surface area (Å²) in [6.45, 7) is 3.99. The molecule has 0 aliphatic carbocycles. The van der Waals surface area contributed by atoms with Gasteiger partial charge in [-0.3, -0.25) is 9.59 Å². The van der Waals surface area contributed by atoms with Crippen molar-refractivity contribution in [2.75, 3.05) is 17.7 Å². The van der Waals surface area contributed by atoms with Crippen LogP contribution < -0.4 is 15.4 Å². The molecule has 3 aromatic carbocycles. The first-order valence-electron chi connectivity index (χ1n) is 9.47. The molecule has 2 N–H and O–H groups in total. The lowest BCUT2D eigenvalue weighted by Crippen LogP contribution is -2.15. The van der Waals surface area contributed by atoms with Crippen molar-refractivity contribution in [2.45, 2.75) is 20.3 Å². The Hall–Kier alpha value is -3.60. The van der Waals surface area contributed by atoms with Gasteiger partial charge in [0, 0.05) is 16.8 Å². The van der Waals surface area contributed by atoms with E-state index in [1.165, 1.54) is 0 Å². The number of rotatable bonds is 6. The average molecular weight is 388 g/mol. The molecule has 0 aromatic heterocycles. The van der Waals surface area contributed by atoms with Crippen LogP contribution in [-0.4, -0.2) is 18.9 Å². The van der Waals surface area contributed by atoms with Crippen LogP contribution >= 0.6 is 0 Å². The molecule has 0 unspecified atom stereocenters. The van der Waals surface area contributed by atoms with Crippen LogP contribution in [0.1, 0.15) is 38.8 Å². The maximum absolute atomic E-state index is 12.6. The number of carbonyl (C=O) groups is 2. The molecule has 0 bridgehead atoms. The molecule has 0 saturated carbocycles. The smallest absolute Gasteiger partial charge is 0.255 e. The monoisotopic (exact) mass is 388 g/mol. The fourth-order valence-electron chi connectivity index (χ4n) is 3.03. The highest BCUT2D eigenvalue weighted by molar-refractivity contribution is 6.07. The van der Waals surface area contributed by atoms with Gasteiger partial charge in [-0.1, -0.05) is 31.2 Å². The van der Waals surface area contributed by atoms with Crippen molar-refractivity contribution in [3.05, 3.63) is 89.0 Å². The largest absolute Gasteiger partial charge is 0.495 e. The van der Waals surface area contributed by atoms with E-state index in [4.69, 9.17) is 4.74 Å². The van der Waals surface area contributed by atoms with Crippen LogP contribution in [0.4, 0.5) is 11.4 Å². The highest BCUT2D eigenvalue weighted by Crippen LogP contribution is 2.26. The molecule has 0 spiro atoms. The summed E-state index contributed by atoms with van der Waals surface area (Å²) in [5.74, 6) is 0.116. The lowest BCUT2D eigenvalue weighted by molar-refractivity contribution is 0.101. The van der Waals surface area contributed by atoms with Gasteiger partial charge in [0.1, 0.15) is 5.75 Å². The summed E-state index contributed by atoms with van der Waals surface area (Å²) < 4.78 is 5.30. The summed E-state index contributed by atoms with van der Waals surface area (Å²) in [4.78, 5) is 25.1. The fourth-order valence-corrected chi connectivity index (χ4v) is 3.03. The molecular formula is C24H24N2O3. The molecule has 0 radical (unpaired) electrons. The molecule has 0 fully saturated rings. The molecule has 2 amide bonds. The van der Waals surface area contributed by atoms with Crippen LogP contribution in [0.15, 0.2) is 66.7 Å². The maximum atomic E-state index is 12.6. The Morgan fingerprint density at radius 3 is 2.00 bits per heavy atom. The summed E-state index contributed by atoms with van der Waals surface area (Å²) in [6.07, 6.45) is 0.831. The minimum Gasteiger partial charge on any atom is -0.495 e. The van der Waals surface area contributed by atoms with E-state index in [-0.39, 0.29) is 11.8 Å². The number of benzene rings is 3. The molecule has 5 heteroatoms. The number of nitrogens with one attached hydrogen (secondary N) is 2. The highest BCUT2D eigenvalue weighted by Gasteiger charge is 2.12. The van der Waals surface area contributed by atoms with Gasteiger partial charge in [0.25, 0.3) is 11.8 Å². The van der Waals surface area contributed by atoms with Gasteiger partial charge >= 0.3 is 0 Å². The number of ether oxygens (including phenoxy) is 1. The van der Waals surface area contributed by atoms with Crippen LogP contribution in [0, 0.1) is 6.92 Å². The summed E-state index contributed by atoms with van der Waals surface area (Å²) in [7, 11) is 1.56. The van der Waals surface area contributed by atoms with Gasteiger partial charge in [-0.2, -0.15) is 0 Å². The predicted octanol–water partition coefficient (Wildman–Crippen LogP) is 5.07. The molecule has 0 aliphatic heterocycles. The van der Waals surface area contributed by atoms with Crippen molar-refractivity contribution in [3.8, 4) is 5.75 Å². The Bertz CT molecular complexity index is 1030. The van der Waals surface area contributed by atoms with Crippen molar-refractivity contribution in [2.24, 2.45) is 0 Å². The number of anilines is 2. The summed E-state index contributed by atoms with van der Waals surface area (Å²) in [5, 5.41) is 5.79. The van der Waals surface area contributed by atoms with E-state index in [0.29, 0.717) is 22.6 Å². The number of hydrogen-bond acceptors (Lipinski definition) is 3. The first-order valence-corrected chi connectivity index (χ1v) is 9.47. The Labute approximate surface area is 170 Å². The quantitative estimate of drug-likeness (QED) is 0.619. The number of carbonyl (C=O) groups excluding carboxylic acids is 2. The molecule has 0 saturated heterocycles. The number of para-hydroxylation sites is 1. The van der Waals surface area contributed by atoms with Gasteiger partial charge in [-0.15, -0.1) is 0 Å². The Kier molecular flexibility index (Phi) is 6.29. The summed E-state index contributed by atoms with van der Waals surface area (Å²) in [6, 6.07) is 19.9. The average Bonchev–Trinajstić information content (AvgIpc) is 2.74. The number of amides is 2. The summed E-state index contributed by atoms with van der Waals surface area (Å²) in [5.41, 5.74) is 4.44. The third-order valence-electron chi connectivity index (χ3n) is 4.66. The SMILES string of the molecule is CCc1ccccc1NC(=O)c1ccc(C(=O)Nc2cc(C)ccc2OC)cc1. The van der Waals surface area contributed by atoms with Gasteiger partial charge < -0.3 is 15.4 Å². The van der Waals surface area contributed by atoms with Gasteiger partial charge in [0.15, 0.2) is 0 Å². The molecule has 5 nitrogen and oxygen atoms in total. The molecule has 29 heavy (non-hydrogen) atoms. The second-order valence-corrected chi connectivity index (χ2v) is 6.70. The molecule has 0 atom stereocenters. The van der Waals surface area contributed by atoms with E-state index in [2.05, 4.69) is 10.6 Å². The highest BCUT2D eigenvalue weighted by atomic mass is 16.5. The third kappa shape index (κ3) is 4.82. The van der Waals surface area contributed by atoms with E-state index in [1.807, 2.05) is 56.3 Å². The van der Waals surface area contributed by atoms with Crippen molar-refractivity contribution in [1.29, 1.82) is 0 Å². The van der Waals surface area contributed by atoms with E-state index >= 15 is 0 Å². The Morgan fingerprint density at radius 1 is 0.828 bits per heavy atom. The van der Waals surface area contributed by atoms with Crippen LogP contribution in [0.3, 0.4) is 0 Å². The van der Waals surface area contributed by atoms with Crippen LogP contribution in [0.2, 0.25) is 0 Å². The lowest BCUT2D eigenvalue weighted by atomic mass is 10.1. The number of methoxy groups -OCH3 is 1. The zero-order valence-corrected chi connectivity index (χ0v) is 16.8. The van der Waals surface area contributed by atoms with E-state index in [0.717, 1.165) is 23.2 Å².